The first kappa shape index (κ1) is 17.9. The van der Waals surface area contributed by atoms with Crippen molar-refractivity contribution in [3.63, 3.8) is 0 Å². The van der Waals surface area contributed by atoms with Gasteiger partial charge in [-0.25, -0.2) is 13.2 Å². The van der Waals surface area contributed by atoms with Gasteiger partial charge in [0.1, 0.15) is 0 Å². The van der Waals surface area contributed by atoms with E-state index in [-0.39, 0.29) is 22.2 Å². The van der Waals surface area contributed by atoms with Crippen molar-refractivity contribution in [3.05, 3.63) is 28.8 Å². The second-order valence-corrected chi connectivity index (χ2v) is 7.93. The zero-order valence-corrected chi connectivity index (χ0v) is 13.6. The van der Waals surface area contributed by atoms with Gasteiger partial charge in [-0.05, 0) is 24.6 Å². The molecule has 0 bridgehead atoms. The molecule has 5 nitrogen and oxygen atoms in total. The smallest absolute Gasteiger partial charge is 0.324 e. The highest BCUT2D eigenvalue weighted by Gasteiger charge is 2.34. The zero-order valence-electron chi connectivity index (χ0n) is 12.0. The molecule has 1 unspecified atom stereocenters. The summed E-state index contributed by atoms with van der Waals surface area (Å²) in [6.07, 6.45) is -4.27. The van der Waals surface area contributed by atoms with Gasteiger partial charge in [0.05, 0.1) is 27.8 Å². The third kappa shape index (κ3) is 4.29. The normalized spacial score (nSPS) is 20.3. The second kappa shape index (κ2) is 6.20. The highest BCUT2D eigenvalue weighted by atomic mass is 35.5. The molecule has 1 aromatic rings. The number of benzene rings is 1. The van der Waals surface area contributed by atoms with Crippen molar-refractivity contribution in [2.24, 2.45) is 0 Å². The van der Waals surface area contributed by atoms with Crippen LogP contribution in [0.2, 0.25) is 5.02 Å². The number of hydrogen-bond donors (Lipinski definition) is 1. The number of anilines is 1. The molecule has 1 fully saturated rings. The van der Waals surface area contributed by atoms with E-state index in [0.29, 0.717) is 6.42 Å². The first-order valence-electron chi connectivity index (χ1n) is 6.60. The molecule has 1 aliphatic heterocycles. The summed E-state index contributed by atoms with van der Waals surface area (Å²) in [6.45, 7) is 0. The van der Waals surface area contributed by atoms with Crippen molar-refractivity contribution < 1.29 is 26.4 Å². The topological polar surface area (TPSA) is 66.5 Å². The first-order chi connectivity index (χ1) is 10.5. The van der Waals surface area contributed by atoms with E-state index < -0.39 is 33.6 Å². The highest BCUT2D eigenvalue weighted by Crippen LogP contribution is 2.34. The van der Waals surface area contributed by atoms with E-state index in [2.05, 4.69) is 5.32 Å². The average molecular weight is 371 g/mol. The van der Waals surface area contributed by atoms with Crippen LogP contribution in [0.4, 0.5) is 23.7 Å². The van der Waals surface area contributed by atoms with Gasteiger partial charge in [-0.1, -0.05) is 11.6 Å². The van der Waals surface area contributed by atoms with Gasteiger partial charge in [0.2, 0.25) is 0 Å². The molecule has 1 saturated heterocycles. The van der Waals surface area contributed by atoms with Crippen LogP contribution in [-0.2, 0) is 16.0 Å². The van der Waals surface area contributed by atoms with E-state index in [1.54, 1.807) is 0 Å². The Hall–Kier alpha value is -1.48. The number of halogens is 4. The average Bonchev–Trinajstić information content (AvgIpc) is 2.79. The van der Waals surface area contributed by atoms with Crippen molar-refractivity contribution in [1.29, 1.82) is 0 Å². The molecule has 0 radical (unpaired) electrons. The third-order valence-corrected chi connectivity index (χ3v) is 5.69. The number of amides is 2. The van der Waals surface area contributed by atoms with E-state index in [0.717, 1.165) is 18.2 Å². The third-order valence-electron chi connectivity index (χ3n) is 3.61. The monoisotopic (exact) mass is 370 g/mol. The maximum Gasteiger partial charge on any atom is 0.416 e. The van der Waals surface area contributed by atoms with Gasteiger partial charge in [-0.3, -0.25) is 0 Å². The van der Waals surface area contributed by atoms with Crippen molar-refractivity contribution in [3.8, 4) is 0 Å². The number of alkyl halides is 3. The summed E-state index contributed by atoms with van der Waals surface area (Å²) >= 11 is 5.80. The van der Waals surface area contributed by atoms with Gasteiger partial charge < -0.3 is 10.2 Å². The molecule has 1 aliphatic rings. The molecule has 1 aromatic carbocycles. The molecule has 10 heteroatoms. The summed E-state index contributed by atoms with van der Waals surface area (Å²) in [5, 5.41) is 2.24. The Morgan fingerprint density at radius 3 is 2.57 bits per heavy atom. The lowest BCUT2D eigenvalue weighted by molar-refractivity contribution is -0.137. The van der Waals surface area contributed by atoms with E-state index in [9.17, 15) is 26.4 Å². The van der Waals surface area contributed by atoms with Crippen LogP contribution in [0.1, 0.15) is 12.0 Å². The Morgan fingerprint density at radius 1 is 1.39 bits per heavy atom. The molecule has 1 N–H and O–H groups in total. The molecule has 0 saturated carbocycles. The molecular formula is C13H14ClF3N2O3S. The number of hydrogen-bond acceptors (Lipinski definition) is 3. The SMILES string of the molecule is CN(C(=O)Nc1cc(C(F)(F)F)ccc1Cl)C1CCS(=O)(=O)C1. The number of carbonyl (C=O) groups excluding carboxylic acids is 1. The lowest BCUT2D eigenvalue weighted by Gasteiger charge is -2.24. The fourth-order valence-corrected chi connectivity index (χ4v) is 4.19. The second-order valence-electron chi connectivity index (χ2n) is 5.29. The van der Waals surface area contributed by atoms with Crippen molar-refractivity contribution in [2.75, 3.05) is 23.9 Å². The summed E-state index contributed by atoms with van der Waals surface area (Å²) in [5.74, 6) is -0.174. The fraction of sp³-hybridized carbons (Fsp3) is 0.462. The quantitative estimate of drug-likeness (QED) is 0.870. The summed E-state index contributed by atoms with van der Waals surface area (Å²) < 4.78 is 60.9. The summed E-state index contributed by atoms with van der Waals surface area (Å²) in [5.41, 5.74) is -1.12. The highest BCUT2D eigenvalue weighted by molar-refractivity contribution is 7.91. The first-order valence-corrected chi connectivity index (χ1v) is 8.80. The van der Waals surface area contributed by atoms with Gasteiger partial charge in [0.25, 0.3) is 0 Å². The number of carbonyl (C=O) groups is 1. The molecule has 0 spiro atoms. The van der Waals surface area contributed by atoms with Gasteiger partial charge in [0.15, 0.2) is 9.84 Å². The van der Waals surface area contributed by atoms with Crippen molar-refractivity contribution >= 4 is 33.2 Å². The molecule has 1 atom stereocenters. The number of nitrogens with zero attached hydrogens (tertiary/aromatic N) is 1. The van der Waals surface area contributed by atoms with Gasteiger partial charge in [-0.15, -0.1) is 0 Å². The van der Waals surface area contributed by atoms with Gasteiger partial charge >= 0.3 is 12.2 Å². The van der Waals surface area contributed by atoms with Crippen LogP contribution in [-0.4, -0.2) is 43.9 Å². The predicted octanol–water partition coefficient (Wildman–Crippen LogP) is 3.01. The van der Waals surface area contributed by atoms with Crippen LogP contribution in [0.15, 0.2) is 18.2 Å². The number of rotatable bonds is 2. The Kier molecular flexibility index (Phi) is 4.81. The van der Waals surface area contributed by atoms with E-state index in [4.69, 9.17) is 11.6 Å². The number of sulfone groups is 1. The Bertz CT molecular complexity index is 722. The van der Waals surface area contributed by atoms with Gasteiger partial charge in [0, 0.05) is 13.1 Å². The Morgan fingerprint density at radius 2 is 2.04 bits per heavy atom. The van der Waals surface area contributed by atoms with Crippen LogP contribution >= 0.6 is 11.6 Å². The van der Waals surface area contributed by atoms with Crippen LogP contribution < -0.4 is 5.32 Å². The molecule has 128 valence electrons. The molecule has 2 amide bonds. The molecule has 0 aromatic heterocycles. The zero-order chi connectivity index (χ0) is 17.4. The maximum atomic E-state index is 12.7. The minimum Gasteiger partial charge on any atom is -0.324 e. The van der Waals surface area contributed by atoms with E-state index in [1.165, 1.54) is 11.9 Å². The summed E-state index contributed by atoms with van der Waals surface area (Å²) in [4.78, 5) is 13.3. The van der Waals surface area contributed by atoms with Crippen LogP contribution in [0.3, 0.4) is 0 Å². The largest absolute Gasteiger partial charge is 0.416 e. The summed E-state index contributed by atoms with van der Waals surface area (Å²) in [7, 11) is -1.79. The van der Waals surface area contributed by atoms with Crippen molar-refractivity contribution in [2.45, 2.75) is 18.6 Å². The molecule has 0 aliphatic carbocycles. The van der Waals surface area contributed by atoms with E-state index >= 15 is 0 Å². The molecule has 23 heavy (non-hydrogen) atoms. The lowest BCUT2D eigenvalue weighted by Crippen LogP contribution is -2.40. The van der Waals surface area contributed by atoms with Crippen molar-refractivity contribution in [1.82, 2.24) is 4.90 Å². The van der Waals surface area contributed by atoms with Crippen LogP contribution in [0.25, 0.3) is 0 Å². The molecular weight excluding hydrogens is 357 g/mol. The van der Waals surface area contributed by atoms with Crippen LogP contribution in [0.5, 0.6) is 0 Å². The van der Waals surface area contributed by atoms with Crippen LogP contribution in [0, 0.1) is 0 Å². The maximum absolute atomic E-state index is 12.7. The molecule has 2 rings (SSSR count). The number of urea groups is 1. The predicted molar refractivity (Wildman–Crippen MR) is 80.3 cm³/mol. The van der Waals surface area contributed by atoms with Gasteiger partial charge in [-0.2, -0.15) is 13.2 Å². The fourth-order valence-electron chi connectivity index (χ4n) is 2.25. The minimum absolute atomic E-state index is 0.0143. The Labute approximate surface area is 136 Å². The summed E-state index contributed by atoms with van der Waals surface area (Å²) in [6, 6.07) is 1.36. The number of nitrogens with one attached hydrogen (secondary N) is 1. The Balaban J connectivity index is 2.14. The molecule has 1 heterocycles. The minimum atomic E-state index is -4.56. The lowest BCUT2D eigenvalue weighted by atomic mass is 10.2. The van der Waals surface area contributed by atoms with E-state index in [1.807, 2.05) is 0 Å². The standard InChI is InChI=1S/C13H14ClF3N2O3S/c1-19(9-4-5-23(21,22)7-9)12(20)18-11-6-8(13(15,16)17)2-3-10(11)14/h2-3,6,9H,4-5,7H2,1H3,(H,18,20).